The monoisotopic (exact) mass is 306 g/mol. The molecule has 5 nitrogen and oxygen atoms in total. The minimum Gasteiger partial charge on any atom is -0.467 e. The lowest BCUT2D eigenvalue weighted by Crippen LogP contribution is -2.20. The van der Waals surface area contributed by atoms with Gasteiger partial charge in [-0.05, 0) is 18.6 Å². The molecule has 1 heterocycles. The number of methoxy groups -OCH3 is 1. The highest BCUT2D eigenvalue weighted by Crippen LogP contribution is 2.20. The third kappa shape index (κ3) is 4.49. The van der Waals surface area contributed by atoms with Crippen LogP contribution in [0.25, 0.3) is 0 Å². The van der Waals surface area contributed by atoms with Crippen molar-refractivity contribution >= 4 is 23.1 Å². The maximum atomic E-state index is 6.04. The second-order valence-corrected chi connectivity index (χ2v) is 5.00. The van der Waals surface area contributed by atoms with Crippen LogP contribution in [-0.2, 0) is 0 Å². The second-order valence-electron chi connectivity index (χ2n) is 4.59. The predicted octanol–water partition coefficient (Wildman–Crippen LogP) is 3.08. The van der Waals surface area contributed by atoms with Gasteiger partial charge in [-0.3, -0.25) is 0 Å². The van der Waals surface area contributed by atoms with E-state index in [2.05, 4.69) is 39.4 Å². The molecule has 0 aliphatic carbocycles. The Bertz CT molecular complexity index is 565. The van der Waals surface area contributed by atoms with Gasteiger partial charge in [-0.25, -0.2) is 4.98 Å². The van der Waals surface area contributed by atoms with E-state index in [4.69, 9.17) is 16.3 Å². The minimum absolute atomic E-state index is 0.309. The third-order valence-corrected chi connectivity index (χ3v) is 3.34. The van der Waals surface area contributed by atoms with Crippen molar-refractivity contribution in [3.8, 4) is 6.01 Å². The molecule has 0 saturated carbocycles. The Kier molecular flexibility index (Phi) is 5.63. The van der Waals surface area contributed by atoms with E-state index in [9.17, 15) is 0 Å². The highest BCUT2D eigenvalue weighted by molar-refractivity contribution is 6.32. The van der Waals surface area contributed by atoms with Gasteiger partial charge in [-0.1, -0.05) is 29.8 Å². The first-order valence-electron chi connectivity index (χ1n) is 6.77. The van der Waals surface area contributed by atoms with Crippen LogP contribution in [0.3, 0.4) is 0 Å². The first kappa shape index (κ1) is 15.4. The molecule has 0 fully saturated rings. The summed E-state index contributed by atoms with van der Waals surface area (Å²) in [5.74, 6) is 0.603. The zero-order valence-corrected chi connectivity index (χ0v) is 13.0. The number of para-hydroxylation sites is 1. The van der Waals surface area contributed by atoms with Crippen LogP contribution in [0.2, 0.25) is 5.02 Å². The highest BCUT2D eigenvalue weighted by Gasteiger charge is 2.05. The maximum absolute atomic E-state index is 6.04. The molecule has 2 rings (SSSR count). The molecule has 1 aromatic heterocycles. The summed E-state index contributed by atoms with van der Waals surface area (Å²) < 4.78 is 4.98. The summed E-state index contributed by atoms with van der Waals surface area (Å²) in [5, 5.41) is 3.70. The van der Waals surface area contributed by atoms with E-state index in [0.29, 0.717) is 16.9 Å². The SMILES string of the molecule is COc1ncc(Cl)c(NCCCN(C)c2ccccc2)n1. The van der Waals surface area contributed by atoms with Gasteiger partial charge in [-0.15, -0.1) is 0 Å². The summed E-state index contributed by atoms with van der Waals surface area (Å²) in [4.78, 5) is 10.3. The third-order valence-electron chi connectivity index (χ3n) is 3.06. The van der Waals surface area contributed by atoms with Gasteiger partial charge in [0.1, 0.15) is 5.02 Å². The number of benzene rings is 1. The van der Waals surface area contributed by atoms with Crippen LogP contribution in [-0.4, -0.2) is 37.2 Å². The standard InChI is InChI=1S/C15H19ClN4O/c1-20(12-7-4-3-5-8-12)10-6-9-17-14-13(16)11-18-15(19-14)21-2/h3-5,7-8,11H,6,9-10H2,1-2H3,(H,17,18,19). The molecule has 2 aromatic rings. The molecular weight excluding hydrogens is 288 g/mol. The fourth-order valence-electron chi connectivity index (χ4n) is 1.91. The summed E-state index contributed by atoms with van der Waals surface area (Å²) in [6, 6.07) is 10.6. The molecule has 0 amide bonds. The van der Waals surface area contributed by atoms with E-state index in [0.717, 1.165) is 19.5 Å². The average molecular weight is 307 g/mol. The summed E-state index contributed by atoms with van der Waals surface area (Å²) in [7, 11) is 3.61. The zero-order valence-electron chi connectivity index (χ0n) is 12.2. The van der Waals surface area contributed by atoms with Crippen molar-refractivity contribution in [1.82, 2.24) is 9.97 Å². The maximum Gasteiger partial charge on any atom is 0.318 e. The second kappa shape index (κ2) is 7.69. The molecular formula is C15H19ClN4O. The van der Waals surface area contributed by atoms with Crippen LogP contribution >= 0.6 is 11.6 Å². The van der Waals surface area contributed by atoms with Crippen molar-refractivity contribution in [2.45, 2.75) is 6.42 Å². The van der Waals surface area contributed by atoms with Gasteiger partial charge in [0.05, 0.1) is 13.3 Å². The predicted molar refractivity (Wildman–Crippen MR) is 86.4 cm³/mol. The Hall–Kier alpha value is -2.01. The molecule has 112 valence electrons. The van der Waals surface area contributed by atoms with Crippen LogP contribution in [0.4, 0.5) is 11.5 Å². The van der Waals surface area contributed by atoms with Gasteiger partial charge in [-0.2, -0.15) is 4.98 Å². The number of hydrogen-bond acceptors (Lipinski definition) is 5. The Morgan fingerprint density at radius 3 is 2.76 bits per heavy atom. The minimum atomic E-state index is 0.309. The molecule has 1 N–H and O–H groups in total. The Labute approximate surface area is 129 Å². The Balaban J connectivity index is 1.80. The van der Waals surface area contributed by atoms with E-state index >= 15 is 0 Å². The van der Waals surface area contributed by atoms with Crippen LogP contribution in [0.15, 0.2) is 36.5 Å². The van der Waals surface area contributed by atoms with Crippen molar-refractivity contribution in [3.05, 3.63) is 41.6 Å². The van der Waals surface area contributed by atoms with Crippen LogP contribution in [0.1, 0.15) is 6.42 Å². The van der Waals surface area contributed by atoms with Crippen molar-refractivity contribution in [1.29, 1.82) is 0 Å². The quantitative estimate of drug-likeness (QED) is 0.797. The molecule has 0 unspecified atom stereocenters. The summed E-state index contributed by atoms with van der Waals surface area (Å²) in [5.41, 5.74) is 1.21. The summed E-state index contributed by atoms with van der Waals surface area (Å²) >= 11 is 6.04. The van der Waals surface area contributed by atoms with Gasteiger partial charge in [0, 0.05) is 25.8 Å². The molecule has 1 aromatic carbocycles. The smallest absolute Gasteiger partial charge is 0.318 e. The molecule has 0 spiro atoms. The number of ether oxygens (including phenoxy) is 1. The summed E-state index contributed by atoms with van der Waals surface area (Å²) in [6.07, 6.45) is 2.50. The fourth-order valence-corrected chi connectivity index (χ4v) is 2.07. The molecule has 6 heteroatoms. The topological polar surface area (TPSA) is 50.3 Å². The van der Waals surface area contributed by atoms with E-state index in [1.54, 1.807) is 0 Å². The number of anilines is 2. The number of nitrogens with zero attached hydrogens (tertiary/aromatic N) is 3. The van der Waals surface area contributed by atoms with Crippen molar-refractivity contribution in [2.24, 2.45) is 0 Å². The van der Waals surface area contributed by atoms with E-state index in [1.807, 2.05) is 18.2 Å². The Morgan fingerprint density at radius 1 is 1.29 bits per heavy atom. The van der Waals surface area contributed by atoms with E-state index < -0.39 is 0 Å². The van der Waals surface area contributed by atoms with Crippen LogP contribution in [0.5, 0.6) is 6.01 Å². The summed E-state index contributed by atoms with van der Waals surface area (Å²) in [6.45, 7) is 1.72. The van der Waals surface area contributed by atoms with Gasteiger partial charge in [0.25, 0.3) is 0 Å². The molecule has 21 heavy (non-hydrogen) atoms. The molecule has 0 aliphatic rings. The average Bonchev–Trinajstić information content (AvgIpc) is 2.53. The highest BCUT2D eigenvalue weighted by atomic mass is 35.5. The number of halogens is 1. The van der Waals surface area contributed by atoms with E-state index in [-0.39, 0.29) is 0 Å². The largest absolute Gasteiger partial charge is 0.467 e. The van der Waals surface area contributed by atoms with Crippen molar-refractivity contribution < 1.29 is 4.74 Å². The molecule has 0 aliphatic heterocycles. The van der Waals surface area contributed by atoms with Gasteiger partial charge in [0.2, 0.25) is 0 Å². The molecule has 0 bridgehead atoms. The normalized spacial score (nSPS) is 10.2. The first-order chi connectivity index (χ1) is 10.2. The fraction of sp³-hybridized carbons (Fsp3) is 0.333. The van der Waals surface area contributed by atoms with Crippen LogP contribution in [0, 0.1) is 0 Å². The van der Waals surface area contributed by atoms with Crippen LogP contribution < -0.4 is 15.0 Å². The lowest BCUT2D eigenvalue weighted by Gasteiger charge is -2.19. The molecule has 0 atom stereocenters. The number of aromatic nitrogens is 2. The van der Waals surface area contributed by atoms with Crippen molar-refractivity contribution in [3.63, 3.8) is 0 Å². The number of hydrogen-bond donors (Lipinski definition) is 1. The lowest BCUT2D eigenvalue weighted by atomic mass is 10.3. The lowest BCUT2D eigenvalue weighted by molar-refractivity contribution is 0.380. The van der Waals surface area contributed by atoms with Crippen molar-refractivity contribution in [2.75, 3.05) is 37.5 Å². The van der Waals surface area contributed by atoms with E-state index in [1.165, 1.54) is 19.0 Å². The number of nitrogens with one attached hydrogen (secondary N) is 1. The van der Waals surface area contributed by atoms with Gasteiger partial charge >= 0.3 is 6.01 Å². The number of rotatable bonds is 7. The Morgan fingerprint density at radius 2 is 2.05 bits per heavy atom. The van der Waals surface area contributed by atoms with Gasteiger partial charge < -0.3 is 15.0 Å². The molecule has 0 radical (unpaired) electrons. The first-order valence-corrected chi connectivity index (χ1v) is 7.15. The molecule has 0 saturated heterocycles. The van der Waals surface area contributed by atoms with Gasteiger partial charge in [0.15, 0.2) is 5.82 Å². The zero-order chi connectivity index (χ0) is 15.1.